The van der Waals surface area contributed by atoms with Crippen LogP contribution in [0.3, 0.4) is 0 Å². The number of phenolic OH excluding ortho intramolecular Hbond substituents is 1. The predicted molar refractivity (Wildman–Crippen MR) is 141 cm³/mol. The maximum Gasteiger partial charge on any atom is 0.303 e. The third-order valence-electron chi connectivity index (χ3n) is 8.38. The minimum atomic E-state index is -1.45. The number of carbonyl (C=O) groups is 2. The number of aliphatic hydroxyl groups is 1. The zero-order valence-corrected chi connectivity index (χ0v) is 23.7. The lowest BCUT2D eigenvalue weighted by Gasteiger charge is -2.44. The van der Waals surface area contributed by atoms with Crippen LogP contribution in [0.15, 0.2) is 11.6 Å². The maximum absolute atomic E-state index is 11.8. The third-order valence-corrected chi connectivity index (χ3v) is 8.38. The average Bonchev–Trinajstić information content (AvgIpc) is 2.80. The number of benzene rings is 1. The van der Waals surface area contributed by atoms with Gasteiger partial charge in [0.25, 0.3) is 0 Å². The molecule has 9 atom stereocenters. The van der Waals surface area contributed by atoms with Gasteiger partial charge in [0.15, 0.2) is 29.8 Å². The van der Waals surface area contributed by atoms with E-state index in [0.717, 1.165) is 30.4 Å². The van der Waals surface area contributed by atoms with Crippen molar-refractivity contribution >= 4 is 11.9 Å². The molecule has 8 nitrogen and oxygen atoms in total. The summed E-state index contributed by atoms with van der Waals surface area (Å²) >= 11 is 0. The van der Waals surface area contributed by atoms with Gasteiger partial charge in [0, 0.05) is 25.3 Å². The number of aliphatic hydroxyl groups excluding tert-OH is 1. The van der Waals surface area contributed by atoms with Gasteiger partial charge in [-0.1, -0.05) is 25.5 Å². The molecule has 2 aliphatic carbocycles. The molecule has 1 fully saturated rings. The molecule has 3 unspecified atom stereocenters. The van der Waals surface area contributed by atoms with Crippen LogP contribution in [0, 0.1) is 12.8 Å². The van der Waals surface area contributed by atoms with Crippen LogP contribution < -0.4 is 4.74 Å². The monoisotopic (exact) mass is 530 g/mol. The van der Waals surface area contributed by atoms with Crippen LogP contribution in [0.4, 0.5) is 0 Å². The highest BCUT2D eigenvalue weighted by molar-refractivity contribution is 5.68. The van der Waals surface area contributed by atoms with Gasteiger partial charge >= 0.3 is 11.9 Å². The van der Waals surface area contributed by atoms with Gasteiger partial charge in [-0.2, -0.15) is 0 Å². The number of carbonyl (C=O) groups excluding carboxylic acids is 2. The van der Waals surface area contributed by atoms with E-state index in [1.165, 1.54) is 30.5 Å². The highest BCUT2D eigenvalue weighted by Crippen LogP contribution is 2.58. The van der Waals surface area contributed by atoms with Gasteiger partial charge in [-0.25, -0.2) is 0 Å². The van der Waals surface area contributed by atoms with E-state index in [1.807, 2.05) is 6.92 Å². The Balaban J connectivity index is 1.79. The summed E-state index contributed by atoms with van der Waals surface area (Å²) in [5.41, 5.74) is 5.41. The Hall–Kier alpha value is -2.58. The summed E-state index contributed by atoms with van der Waals surface area (Å²) in [7, 11) is 0. The number of phenols is 1. The van der Waals surface area contributed by atoms with Crippen molar-refractivity contribution in [1.82, 2.24) is 0 Å². The lowest BCUT2D eigenvalue weighted by Crippen LogP contribution is -2.60. The maximum atomic E-state index is 11.8. The average molecular weight is 531 g/mol. The number of allylic oxidation sites excluding steroid dienone is 2. The first-order chi connectivity index (χ1) is 17.8. The number of rotatable bonds is 5. The molecule has 0 saturated carbocycles. The van der Waals surface area contributed by atoms with Gasteiger partial charge in [-0.05, 0) is 81.4 Å². The molecule has 1 saturated heterocycles. The molecule has 210 valence electrons. The lowest BCUT2D eigenvalue weighted by molar-refractivity contribution is -0.276. The number of esters is 2. The number of ether oxygens (including phenoxy) is 4. The summed E-state index contributed by atoms with van der Waals surface area (Å²) in [6.45, 7) is 14.7. The topological polar surface area (TPSA) is 112 Å². The van der Waals surface area contributed by atoms with Crippen LogP contribution in [0.2, 0.25) is 0 Å². The van der Waals surface area contributed by atoms with E-state index in [9.17, 15) is 19.8 Å². The minimum Gasteiger partial charge on any atom is -0.504 e. The molecule has 4 rings (SSSR count). The first-order valence-corrected chi connectivity index (χ1v) is 13.7. The second-order valence-electron chi connectivity index (χ2n) is 11.7. The Bertz CT molecular complexity index is 1120. The van der Waals surface area contributed by atoms with Crippen LogP contribution in [-0.2, 0) is 23.8 Å². The number of aromatic hydroxyl groups is 1. The summed E-state index contributed by atoms with van der Waals surface area (Å²) in [5.74, 6) is 0.354. The van der Waals surface area contributed by atoms with Gasteiger partial charge < -0.3 is 29.2 Å². The molecule has 0 radical (unpaired) electrons. The Morgan fingerprint density at radius 2 is 1.58 bits per heavy atom. The van der Waals surface area contributed by atoms with Crippen molar-refractivity contribution in [2.24, 2.45) is 5.92 Å². The quantitative estimate of drug-likeness (QED) is 0.399. The molecular weight excluding hydrogens is 488 g/mol. The highest BCUT2D eigenvalue weighted by Gasteiger charge is 2.50. The predicted octanol–water partition coefficient (Wildman–Crippen LogP) is 5.12. The van der Waals surface area contributed by atoms with Gasteiger partial charge in [-0.15, -0.1) is 0 Å². The van der Waals surface area contributed by atoms with Crippen molar-refractivity contribution < 1.29 is 38.7 Å². The van der Waals surface area contributed by atoms with Gasteiger partial charge in [0.1, 0.15) is 0 Å². The number of hydrogen-bond donors (Lipinski definition) is 2. The summed E-state index contributed by atoms with van der Waals surface area (Å²) in [4.78, 5) is 23.5. The zero-order valence-electron chi connectivity index (χ0n) is 23.7. The highest BCUT2D eigenvalue weighted by atomic mass is 16.7. The van der Waals surface area contributed by atoms with Crippen molar-refractivity contribution in [3.8, 4) is 11.5 Å². The molecule has 0 bridgehead atoms. The molecule has 1 aromatic carbocycles. The second kappa shape index (κ2) is 10.9. The van der Waals surface area contributed by atoms with Crippen LogP contribution in [0.25, 0.3) is 0 Å². The number of hydrogen-bond acceptors (Lipinski definition) is 8. The fourth-order valence-corrected chi connectivity index (χ4v) is 6.82. The first-order valence-electron chi connectivity index (χ1n) is 13.7. The largest absolute Gasteiger partial charge is 0.504 e. The van der Waals surface area contributed by atoms with Crippen molar-refractivity contribution in [2.45, 2.75) is 123 Å². The summed E-state index contributed by atoms with van der Waals surface area (Å²) < 4.78 is 22.9. The zero-order chi connectivity index (χ0) is 28.0. The van der Waals surface area contributed by atoms with E-state index in [1.54, 1.807) is 6.92 Å². The van der Waals surface area contributed by atoms with Crippen LogP contribution in [0.1, 0.15) is 108 Å². The van der Waals surface area contributed by atoms with Gasteiger partial charge in [-0.3, -0.25) is 9.59 Å². The molecular formula is C30H42O8. The van der Waals surface area contributed by atoms with E-state index in [2.05, 4.69) is 33.8 Å². The van der Waals surface area contributed by atoms with E-state index in [4.69, 9.17) is 18.9 Å². The summed E-state index contributed by atoms with van der Waals surface area (Å²) in [6.07, 6.45) is -0.266. The molecule has 0 amide bonds. The molecule has 1 aromatic rings. The third kappa shape index (κ3) is 5.17. The molecule has 0 spiro atoms. The van der Waals surface area contributed by atoms with Crippen molar-refractivity contribution in [2.75, 3.05) is 0 Å². The fraction of sp³-hybridized carbons (Fsp3) is 0.667. The molecule has 1 aliphatic heterocycles. The molecule has 8 heteroatoms. The van der Waals surface area contributed by atoms with Gasteiger partial charge in [0.05, 0.1) is 6.10 Å². The van der Waals surface area contributed by atoms with E-state index in [0.29, 0.717) is 11.8 Å². The Labute approximate surface area is 225 Å². The minimum absolute atomic E-state index is 0.0816. The van der Waals surface area contributed by atoms with Crippen LogP contribution in [-0.4, -0.2) is 52.9 Å². The standard InChI is InChI=1S/C30H42O8/c1-13(2)11-20-12-15(4)21-10-9-14(3)22-24(21)23(20)16(5)27(25(22)33)38-30-26(34)29(37-19(8)32)28(17(6)35-30)36-18(7)31/h11,14-15,17,20-21,26,28-30,33-34H,9-10,12H2,1-8H3/t14-,15-,17?,20+,21+,26?,28+,29?,30-/m0/s1. The SMILES string of the molecule is CC(=O)OC1C(O)[C@H](Oc2c(C)c3c4c(c2O)[C@@H](C)CC[C@@H]4[C@@H](C)C[C@H]3C=C(C)C)OC(C)[C@H]1OC(C)=O. The van der Waals surface area contributed by atoms with Gasteiger partial charge in [0.2, 0.25) is 6.29 Å². The summed E-state index contributed by atoms with van der Waals surface area (Å²) in [6, 6.07) is 0. The Kier molecular flexibility index (Phi) is 8.15. The van der Waals surface area contributed by atoms with Crippen LogP contribution >= 0.6 is 0 Å². The Morgan fingerprint density at radius 1 is 0.947 bits per heavy atom. The van der Waals surface area contributed by atoms with E-state index in [-0.39, 0.29) is 23.3 Å². The second-order valence-corrected chi connectivity index (χ2v) is 11.7. The summed E-state index contributed by atoms with van der Waals surface area (Å²) in [5, 5.41) is 22.8. The lowest BCUT2D eigenvalue weighted by atomic mass is 9.62. The van der Waals surface area contributed by atoms with Crippen molar-refractivity contribution in [1.29, 1.82) is 0 Å². The molecule has 38 heavy (non-hydrogen) atoms. The molecule has 3 aliphatic rings. The van der Waals surface area contributed by atoms with Crippen LogP contribution in [0.5, 0.6) is 11.5 Å². The fourth-order valence-electron chi connectivity index (χ4n) is 6.82. The smallest absolute Gasteiger partial charge is 0.303 e. The van der Waals surface area contributed by atoms with Crippen molar-refractivity contribution in [3.05, 3.63) is 33.9 Å². The Morgan fingerprint density at radius 3 is 2.18 bits per heavy atom. The molecule has 2 N–H and O–H groups in total. The van der Waals surface area contributed by atoms with E-state index < -0.39 is 42.6 Å². The van der Waals surface area contributed by atoms with E-state index >= 15 is 0 Å². The normalized spacial score (nSPS) is 34.1. The van der Waals surface area contributed by atoms with Crippen molar-refractivity contribution in [3.63, 3.8) is 0 Å². The molecule has 0 aromatic heterocycles. The molecule has 1 heterocycles. The first kappa shape index (κ1) is 28.4.